The minimum atomic E-state index is -0.417. The summed E-state index contributed by atoms with van der Waals surface area (Å²) in [6, 6.07) is 4.20. The summed E-state index contributed by atoms with van der Waals surface area (Å²) in [7, 11) is 0. The lowest BCUT2D eigenvalue weighted by atomic mass is 9.67. The molecule has 0 amide bonds. The van der Waals surface area contributed by atoms with Crippen molar-refractivity contribution >= 4 is 5.78 Å². The van der Waals surface area contributed by atoms with Gasteiger partial charge in [-0.15, -0.1) is 0 Å². The summed E-state index contributed by atoms with van der Waals surface area (Å²) in [4.78, 5) is 12.3. The standard InChI is InChI=1S/C16H19FO2/c1-15(2)6-3-7-16(10-15)9-13(18)12-5-4-11(17)8-14(12)19-16/h4-5,8H,3,6-7,9-10H2,1-2H3. The number of hydrogen-bond acceptors (Lipinski definition) is 2. The van der Waals surface area contributed by atoms with Crippen LogP contribution in [-0.4, -0.2) is 11.4 Å². The second-order valence-corrected chi connectivity index (χ2v) is 6.72. The Labute approximate surface area is 113 Å². The van der Waals surface area contributed by atoms with E-state index in [1.54, 1.807) is 0 Å². The first-order valence-corrected chi connectivity index (χ1v) is 6.91. The smallest absolute Gasteiger partial charge is 0.170 e. The largest absolute Gasteiger partial charge is 0.486 e. The van der Waals surface area contributed by atoms with Crippen LogP contribution in [0.2, 0.25) is 0 Å². The normalized spacial score (nSPS) is 28.9. The molecule has 1 aliphatic carbocycles. The van der Waals surface area contributed by atoms with Crippen LogP contribution in [0, 0.1) is 11.2 Å². The van der Waals surface area contributed by atoms with E-state index in [0.29, 0.717) is 17.7 Å². The number of ketones is 1. The Balaban J connectivity index is 1.98. The molecule has 2 aliphatic rings. The molecule has 2 nitrogen and oxygen atoms in total. The summed E-state index contributed by atoms with van der Waals surface area (Å²) in [5, 5.41) is 0. The average molecular weight is 262 g/mol. The lowest BCUT2D eigenvalue weighted by molar-refractivity contribution is -0.0250. The summed E-state index contributed by atoms with van der Waals surface area (Å²) >= 11 is 0. The highest BCUT2D eigenvalue weighted by atomic mass is 19.1. The predicted molar refractivity (Wildman–Crippen MR) is 71.0 cm³/mol. The van der Waals surface area contributed by atoms with E-state index in [-0.39, 0.29) is 17.0 Å². The third-order valence-electron chi connectivity index (χ3n) is 4.34. The molecule has 1 saturated carbocycles. The van der Waals surface area contributed by atoms with Gasteiger partial charge in [0.2, 0.25) is 0 Å². The summed E-state index contributed by atoms with van der Waals surface area (Å²) in [5.41, 5.74) is 0.290. The molecule has 1 aromatic rings. The van der Waals surface area contributed by atoms with Crippen molar-refractivity contribution in [1.82, 2.24) is 0 Å². The molecule has 3 heteroatoms. The van der Waals surface area contributed by atoms with Gasteiger partial charge in [0, 0.05) is 6.07 Å². The van der Waals surface area contributed by atoms with Crippen molar-refractivity contribution in [3.63, 3.8) is 0 Å². The first kappa shape index (κ1) is 12.6. The predicted octanol–water partition coefficient (Wildman–Crippen LogP) is 4.13. The number of Topliss-reactive ketones (excluding diaryl/α,β-unsaturated/α-hetero) is 1. The van der Waals surface area contributed by atoms with Gasteiger partial charge in [-0.05, 0) is 43.2 Å². The fourth-order valence-corrected chi connectivity index (χ4v) is 3.64. The van der Waals surface area contributed by atoms with Crippen LogP contribution in [-0.2, 0) is 0 Å². The maximum Gasteiger partial charge on any atom is 0.170 e. The molecule has 102 valence electrons. The fourth-order valence-electron chi connectivity index (χ4n) is 3.64. The van der Waals surface area contributed by atoms with Crippen molar-refractivity contribution < 1.29 is 13.9 Å². The van der Waals surface area contributed by atoms with Crippen LogP contribution in [0.1, 0.15) is 56.3 Å². The van der Waals surface area contributed by atoms with E-state index in [4.69, 9.17) is 4.74 Å². The highest BCUT2D eigenvalue weighted by Gasteiger charge is 2.46. The molecule has 1 spiro atoms. The molecule has 0 aromatic heterocycles. The number of rotatable bonds is 0. The summed E-state index contributed by atoms with van der Waals surface area (Å²) < 4.78 is 19.4. The Morgan fingerprint density at radius 3 is 2.79 bits per heavy atom. The molecule has 1 heterocycles. The minimum Gasteiger partial charge on any atom is -0.486 e. The van der Waals surface area contributed by atoms with Gasteiger partial charge in [-0.1, -0.05) is 13.8 Å². The van der Waals surface area contributed by atoms with Crippen molar-refractivity contribution in [2.24, 2.45) is 5.41 Å². The van der Waals surface area contributed by atoms with E-state index >= 15 is 0 Å². The van der Waals surface area contributed by atoms with Crippen LogP contribution in [0.5, 0.6) is 5.75 Å². The highest BCUT2D eigenvalue weighted by Crippen LogP contribution is 2.48. The van der Waals surface area contributed by atoms with E-state index in [9.17, 15) is 9.18 Å². The number of carbonyl (C=O) groups excluding carboxylic acids is 1. The third-order valence-corrected chi connectivity index (χ3v) is 4.34. The van der Waals surface area contributed by atoms with Crippen molar-refractivity contribution in [1.29, 1.82) is 0 Å². The molecule has 0 N–H and O–H groups in total. The molecule has 1 aromatic carbocycles. The Hall–Kier alpha value is -1.38. The second-order valence-electron chi connectivity index (χ2n) is 6.72. The van der Waals surface area contributed by atoms with E-state index in [1.165, 1.54) is 18.2 Å². The van der Waals surface area contributed by atoms with Crippen molar-refractivity contribution in [2.75, 3.05) is 0 Å². The highest BCUT2D eigenvalue weighted by molar-refractivity contribution is 6.00. The summed E-state index contributed by atoms with van der Waals surface area (Å²) in [6.07, 6.45) is 4.39. The van der Waals surface area contributed by atoms with Gasteiger partial charge in [0.15, 0.2) is 5.78 Å². The lowest BCUT2D eigenvalue weighted by Gasteiger charge is -2.46. The van der Waals surface area contributed by atoms with Crippen LogP contribution in [0.15, 0.2) is 18.2 Å². The van der Waals surface area contributed by atoms with Gasteiger partial charge >= 0.3 is 0 Å². The van der Waals surface area contributed by atoms with Crippen molar-refractivity contribution in [3.05, 3.63) is 29.6 Å². The molecule has 0 saturated heterocycles. The van der Waals surface area contributed by atoms with E-state index in [1.807, 2.05) is 0 Å². The van der Waals surface area contributed by atoms with E-state index < -0.39 is 5.60 Å². The zero-order valence-corrected chi connectivity index (χ0v) is 11.5. The van der Waals surface area contributed by atoms with Gasteiger partial charge in [0.1, 0.15) is 17.2 Å². The Kier molecular flexibility index (Phi) is 2.70. The molecule has 0 radical (unpaired) electrons. The molecule has 1 aliphatic heterocycles. The third kappa shape index (κ3) is 2.26. The zero-order chi connectivity index (χ0) is 13.7. The van der Waals surface area contributed by atoms with Crippen molar-refractivity contribution in [3.8, 4) is 5.75 Å². The number of ether oxygens (including phenoxy) is 1. The van der Waals surface area contributed by atoms with Crippen molar-refractivity contribution in [2.45, 2.75) is 51.6 Å². The van der Waals surface area contributed by atoms with Crippen LogP contribution < -0.4 is 4.74 Å². The van der Waals surface area contributed by atoms with Gasteiger partial charge in [0.25, 0.3) is 0 Å². The van der Waals surface area contributed by atoms with E-state index in [2.05, 4.69) is 13.8 Å². The van der Waals surface area contributed by atoms with E-state index in [0.717, 1.165) is 25.7 Å². The van der Waals surface area contributed by atoms with Gasteiger partial charge in [-0.25, -0.2) is 4.39 Å². The monoisotopic (exact) mass is 262 g/mol. The van der Waals surface area contributed by atoms with Crippen LogP contribution in [0.25, 0.3) is 0 Å². The summed E-state index contributed by atoms with van der Waals surface area (Å²) in [5.74, 6) is 0.159. The maximum absolute atomic E-state index is 13.3. The topological polar surface area (TPSA) is 26.3 Å². The Morgan fingerprint density at radius 2 is 2.05 bits per heavy atom. The molecule has 1 atom stereocenters. The second kappa shape index (κ2) is 4.06. The molecule has 1 unspecified atom stereocenters. The molecule has 0 bridgehead atoms. The van der Waals surface area contributed by atoms with Gasteiger partial charge in [-0.3, -0.25) is 4.79 Å². The van der Waals surface area contributed by atoms with Crippen LogP contribution in [0.4, 0.5) is 4.39 Å². The number of fused-ring (bicyclic) bond motifs is 1. The minimum absolute atomic E-state index is 0.0824. The van der Waals surface area contributed by atoms with Gasteiger partial charge in [0.05, 0.1) is 12.0 Å². The van der Waals surface area contributed by atoms with Gasteiger partial charge in [-0.2, -0.15) is 0 Å². The maximum atomic E-state index is 13.3. The first-order valence-electron chi connectivity index (χ1n) is 6.91. The Bertz CT molecular complexity index is 536. The quantitative estimate of drug-likeness (QED) is 0.702. The molecule has 3 rings (SSSR count). The number of hydrogen-bond donors (Lipinski definition) is 0. The number of halogens is 1. The first-order chi connectivity index (χ1) is 8.89. The van der Waals surface area contributed by atoms with Gasteiger partial charge < -0.3 is 4.74 Å². The lowest BCUT2D eigenvalue weighted by Crippen LogP contribution is -2.47. The Morgan fingerprint density at radius 1 is 1.26 bits per heavy atom. The molecule has 19 heavy (non-hydrogen) atoms. The van der Waals surface area contributed by atoms with Crippen LogP contribution in [0.3, 0.4) is 0 Å². The SMILES string of the molecule is CC1(C)CCCC2(CC(=O)c3ccc(F)cc3O2)C1. The average Bonchev–Trinajstić information content (AvgIpc) is 2.25. The number of benzene rings is 1. The zero-order valence-electron chi connectivity index (χ0n) is 11.5. The molecular weight excluding hydrogens is 243 g/mol. The summed E-state index contributed by atoms with van der Waals surface area (Å²) in [6.45, 7) is 4.42. The fraction of sp³-hybridized carbons (Fsp3) is 0.562. The van der Waals surface area contributed by atoms with Crippen LogP contribution >= 0.6 is 0 Å². The molecular formula is C16H19FO2. The molecule has 1 fully saturated rings. The number of carbonyl (C=O) groups is 1.